The summed E-state index contributed by atoms with van der Waals surface area (Å²) < 4.78 is 0. The smallest absolute Gasteiger partial charge is 0.358 e. The van der Waals surface area contributed by atoms with Gasteiger partial charge < -0.3 is 10.4 Å². The molecule has 6 nitrogen and oxygen atoms in total. The molecule has 2 aromatic heterocycles. The number of thiazole rings is 1. The fraction of sp³-hybridized carbons (Fsp3) is 0.111. The number of carboxylic acid groups (broad SMARTS) is 1. The second-order valence-electron chi connectivity index (χ2n) is 2.84. The lowest BCUT2D eigenvalue weighted by atomic mass is 10.4. The molecule has 0 fully saturated rings. The summed E-state index contributed by atoms with van der Waals surface area (Å²) in [6.45, 7) is 0.441. The van der Waals surface area contributed by atoms with E-state index in [9.17, 15) is 4.79 Å². The third-order valence-corrected chi connectivity index (χ3v) is 2.57. The lowest BCUT2D eigenvalue weighted by Crippen LogP contribution is -2.09. The molecular weight excluding hydrogens is 228 g/mol. The topological polar surface area (TPSA) is 88.0 Å². The average Bonchev–Trinajstić information content (AvgIpc) is 2.79. The van der Waals surface area contributed by atoms with E-state index in [1.165, 1.54) is 23.7 Å². The molecule has 0 radical (unpaired) electrons. The average molecular weight is 236 g/mol. The van der Waals surface area contributed by atoms with Gasteiger partial charge in [0, 0.05) is 24.0 Å². The van der Waals surface area contributed by atoms with Gasteiger partial charge in [-0.25, -0.2) is 19.7 Å². The second kappa shape index (κ2) is 4.67. The summed E-state index contributed by atoms with van der Waals surface area (Å²) in [6.07, 6.45) is 4.48. The molecule has 0 aromatic carbocycles. The van der Waals surface area contributed by atoms with Crippen molar-refractivity contribution < 1.29 is 9.90 Å². The molecule has 0 saturated carbocycles. The van der Waals surface area contributed by atoms with Crippen LogP contribution in [0.3, 0.4) is 0 Å². The number of carboxylic acids is 1. The quantitative estimate of drug-likeness (QED) is 0.830. The zero-order valence-electron chi connectivity index (χ0n) is 8.12. The van der Waals surface area contributed by atoms with Crippen LogP contribution >= 0.6 is 11.3 Å². The second-order valence-corrected chi connectivity index (χ2v) is 3.82. The lowest BCUT2D eigenvalue weighted by Gasteiger charge is -2.04. The normalized spacial score (nSPS) is 10.0. The number of aromatic carboxylic acids is 1. The summed E-state index contributed by atoms with van der Waals surface area (Å²) in [5.74, 6) is -0.847. The fourth-order valence-electron chi connectivity index (χ4n) is 1.12. The highest BCUT2D eigenvalue weighted by Crippen LogP contribution is 2.11. The molecule has 16 heavy (non-hydrogen) atoms. The Morgan fingerprint density at radius 2 is 2.12 bits per heavy atom. The van der Waals surface area contributed by atoms with Crippen molar-refractivity contribution in [1.29, 1.82) is 0 Å². The Kier molecular flexibility index (Phi) is 3.06. The van der Waals surface area contributed by atoms with Gasteiger partial charge in [0.05, 0.1) is 6.54 Å². The zero-order chi connectivity index (χ0) is 11.4. The minimum atomic E-state index is -1.10. The maximum Gasteiger partial charge on any atom is 0.358 e. The summed E-state index contributed by atoms with van der Waals surface area (Å²) in [4.78, 5) is 22.6. The molecule has 2 N–H and O–H groups in total. The monoisotopic (exact) mass is 236 g/mol. The summed E-state index contributed by atoms with van der Waals surface area (Å²) >= 11 is 1.49. The number of hydrogen-bond acceptors (Lipinski definition) is 6. The third-order valence-electron chi connectivity index (χ3n) is 1.79. The minimum Gasteiger partial charge on any atom is -0.476 e. The van der Waals surface area contributed by atoms with Gasteiger partial charge in [-0.05, 0) is 0 Å². The van der Waals surface area contributed by atoms with Gasteiger partial charge in [-0.15, -0.1) is 11.3 Å². The summed E-state index contributed by atoms with van der Waals surface area (Å²) in [5, 5.41) is 14.5. The first-order valence-corrected chi connectivity index (χ1v) is 5.32. The van der Waals surface area contributed by atoms with Gasteiger partial charge in [0.1, 0.15) is 5.01 Å². The predicted molar refractivity (Wildman–Crippen MR) is 58.4 cm³/mol. The Morgan fingerprint density at radius 1 is 1.31 bits per heavy atom. The van der Waals surface area contributed by atoms with Crippen molar-refractivity contribution in [2.24, 2.45) is 0 Å². The van der Waals surface area contributed by atoms with Gasteiger partial charge in [-0.2, -0.15) is 0 Å². The highest BCUT2D eigenvalue weighted by molar-refractivity contribution is 7.09. The molecule has 2 heterocycles. The van der Waals surface area contributed by atoms with Crippen molar-refractivity contribution in [2.45, 2.75) is 6.54 Å². The standard InChI is InChI=1S/C9H8N4O2S/c14-9(15)7-8(12-2-1-11-7)13-5-6-10-3-4-16-6/h1-4H,5H2,(H,12,13)(H,14,15). The fourth-order valence-corrected chi connectivity index (χ4v) is 1.68. The molecule has 2 aromatic rings. The van der Waals surface area contributed by atoms with Crippen LogP contribution in [-0.4, -0.2) is 26.0 Å². The molecule has 0 saturated heterocycles. The van der Waals surface area contributed by atoms with Crippen LogP contribution in [-0.2, 0) is 6.54 Å². The SMILES string of the molecule is O=C(O)c1nccnc1NCc1nccs1. The van der Waals surface area contributed by atoms with E-state index >= 15 is 0 Å². The number of hydrogen-bond donors (Lipinski definition) is 2. The molecule has 0 aliphatic carbocycles. The Balaban J connectivity index is 2.12. The Morgan fingerprint density at radius 3 is 2.81 bits per heavy atom. The van der Waals surface area contributed by atoms with Crippen LogP contribution in [0.1, 0.15) is 15.5 Å². The van der Waals surface area contributed by atoms with Gasteiger partial charge in [0.25, 0.3) is 0 Å². The summed E-state index contributed by atoms with van der Waals surface area (Å²) in [6, 6.07) is 0. The highest BCUT2D eigenvalue weighted by Gasteiger charge is 2.12. The molecule has 0 unspecified atom stereocenters. The number of aromatic nitrogens is 3. The Labute approximate surface area is 95.0 Å². The Hall–Kier alpha value is -2.02. The largest absolute Gasteiger partial charge is 0.476 e. The van der Waals surface area contributed by atoms with E-state index in [-0.39, 0.29) is 11.5 Å². The molecule has 0 aliphatic heterocycles. The molecule has 0 spiro atoms. The van der Waals surface area contributed by atoms with Crippen molar-refractivity contribution >= 4 is 23.1 Å². The maximum absolute atomic E-state index is 10.8. The van der Waals surface area contributed by atoms with Crippen LogP contribution in [0.5, 0.6) is 0 Å². The van der Waals surface area contributed by atoms with Crippen molar-refractivity contribution in [1.82, 2.24) is 15.0 Å². The number of nitrogens with one attached hydrogen (secondary N) is 1. The molecule has 0 bridgehead atoms. The summed E-state index contributed by atoms with van der Waals surface area (Å²) in [5.41, 5.74) is -0.0842. The van der Waals surface area contributed by atoms with Gasteiger partial charge in [-0.3, -0.25) is 0 Å². The van der Waals surface area contributed by atoms with E-state index in [2.05, 4.69) is 20.3 Å². The van der Waals surface area contributed by atoms with E-state index in [1.54, 1.807) is 6.20 Å². The number of nitrogens with zero attached hydrogens (tertiary/aromatic N) is 3. The summed E-state index contributed by atoms with van der Waals surface area (Å²) in [7, 11) is 0. The Bertz CT molecular complexity index is 486. The molecule has 82 valence electrons. The van der Waals surface area contributed by atoms with Gasteiger partial charge in [-0.1, -0.05) is 0 Å². The lowest BCUT2D eigenvalue weighted by molar-refractivity contribution is 0.0691. The molecule has 0 aliphatic rings. The highest BCUT2D eigenvalue weighted by atomic mass is 32.1. The molecule has 7 heteroatoms. The van der Waals surface area contributed by atoms with Crippen LogP contribution in [0.4, 0.5) is 5.82 Å². The third kappa shape index (κ3) is 2.31. The first kappa shape index (κ1) is 10.5. The maximum atomic E-state index is 10.8. The van der Waals surface area contributed by atoms with E-state index in [0.717, 1.165) is 5.01 Å². The first-order chi connectivity index (χ1) is 7.77. The van der Waals surface area contributed by atoms with Crippen molar-refractivity contribution in [2.75, 3.05) is 5.32 Å². The van der Waals surface area contributed by atoms with E-state index in [4.69, 9.17) is 5.11 Å². The molecule has 0 atom stereocenters. The number of carbonyl (C=O) groups is 1. The minimum absolute atomic E-state index is 0.0842. The van der Waals surface area contributed by atoms with E-state index < -0.39 is 5.97 Å². The van der Waals surface area contributed by atoms with Crippen LogP contribution in [0.15, 0.2) is 24.0 Å². The number of rotatable bonds is 4. The predicted octanol–water partition coefficient (Wildman–Crippen LogP) is 1.24. The van der Waals surface area contributed by atoms with Crippen molar-refractivity contribution in [3.8, 4) is 0 Å². The van der Waals surface area contributed by atoms with Gasteiger partial charge in [0.15, 0.2) is 11.5 Å². The molecular formula is C9H8N4O2S. The molecule has 2 rings (SSSR count). The van der Waals surface area contributed by atoms with E-state index in [0.29, 0.717) is 6.54 Å². The van der Waals surface area contributed by atoms with Crippen LogP contribution < -0.4 is 5.32 Å². The van der Waals surface area contributed by atoms with Crippen LogP contribution in [0.2, 0.25) is 0 Å². The van der Waals surface area contributed by atoms with Crippen molar-refractivity contribution in [3.63, 3.8) is 0 Å². The number of anilines is 1. The van der Waals surface area contributed by atoms with Crippen LogP contribution in [0.25, 0.3) is 0 Å². The van der Waals surface area contributed by atoms with E-state index in [1.807, 2.05) is 5.38 Å². The van der Waals surface area contributed by atoms with Crippen LogP contribution in [0, 0.1) is 0 Å². The van der Waals surface area contributed by atoms with Gasteiger partial charge in [0.2, 0.25) is 0 Å². The molecule has 0 amide bonds. The van der Waals surface area contributed by atoms with Gasteiger partial charge >= 0.3 is 5.97 Å². The zero-order valence-corrected chi connectivity index (χ0v) is 8.94. The first-order valence-electron chi connectivity index (χ1n) is 4.44. The van der Waals surface area contributed by atoms with Crippen molar-refractivity contribution in [3.05, 3.63) is 34.7 Å².